The number of piperidine rings is 1. The van der Waals surface area contributed by atoms with E-state index < -0.39 is 46.5 Å². The maximum Gasteiger partial charge on any atom is 0.348 e. The van der Waals surface area contributed by atoms with Gasteiger partial charge in [0.2, 0.25) is 27.8 Å². The van der Waals surface area contributed by atoms with Gasteiger partial charge in [-0.25, -0.2) is 0 Å². The first kappa shape index (κ1) is 26.0. The van der Waals surface area contributed by atoms with Gasteiger partial charge in [0.25, 0.3) is 11.8 Å². The van der Waals surface area contributed by atoms with Crippen LogP contribution < -0.4 is 0 Å². The van der Waals surface area contributed by atoms with Crippen LogP contribution in [0, 0.1) is 0 Å². The molecule has 2 heterocycles. The van der Waals surface area contributed by atoms with Gasteiger partial charge in [-0.2, -0.15) is 8.78 Å². The lowest BCUT2D eigenvalue weighted by molar-refractivity contribution is -0.155. The van der Waals surface area contributed by atoms with Crippen molar-refractivity contribution < 1.29 is 28.0 Å². The standard InChI is InChI=1S/C22H14B4ClF2N3O4/c23-22(24,32(26)20(36)21(28,29)12-1-4-14(27)5-2-12)13-3-6-15-11(9-13)10-30(18(15)34)16-7-8-17(33)31(25)19(16)35/h1-6,9,16H,7-8,10H2. The second-order valence-corrected chi connectivity index (χ2v) is 8.98. The number of rotatable bonds is 5. The summed E-state index contributed by atoms with van der Waals surface area (Å²) in [4.78, 5) is 51.4. The van der Waals surface area contributed by atoms with E-state index >= 15 is 0 Å². The first-order valence-corrected chi connectivity index (χ1v) is 11.0. The molecule has 0 spiro atoms. The lowest BCUT2D eigenvalue weighted by Gasteiger charge is -2.40. The first-order valence-electron chi connectivity index (χ1n) is 10.6. The Morgan fingerprint density at radius 3 is 2.31 bits per heavy atom. The number of imide groups is 1. The Hall–Kier alpha value is -3.07. The van der Waals surface area contributed by atoms with Crippen LogP contribution in [0.2, 0.25) is 5.02 Å². The Balaban J connectivity index is 1.58. The molecule has 2 aliphatic heterocycles. The summed E-state index contributed by atoms with van der Waals surface area (Å²) in [6, 6.07) is 7.34. The maximum absolute atomic E-state index is 14.9. The summed E-state index contributed by atoms with van der Waals surface area (Å²) in [5.74, 6) is -7.70. The van der Waals surface area contributed by atoms with Crippen LogP contribution in [0.5, 0.6) is 0 Å². The molecule has 2 aromatic carbocycles. The van der Waals surface area contributed by atoms with Crippen LogP contribution >= 0.6 is 11.6 Å². The molecule has 0 N–H and O–H groups in total. The molecule has 0 aliphatic carbocycles. The van der Waals surface area contributed by atoms with Crippen molar-refractivity contribution in [3.8, 4) is 0 Å². The zero-order chi connectivity index (χ0) is 26.6. The van der Waals surface area contributed by atoms with E-state index in [4.69, 9.17) is 43.3 Å². The molecule has 1 atom stereocenters. The number of halogens is 3. The molecular formula is C22H14B4ClF2N3O4. The van der Waals surface area contributed by atoms with Crippen molar-refractivity contribution in [2.75, 3.05) is 0 Å². The number of alkyl halides is 2. The number of carbonyl (C=O) groups is 4. The van der Waals surface area contributed by atoms with Crippen LogP contribution in [0.25, 0.3) is 0 Å². The van der Waals surface area contributed by atoms with E-state index in [0.29, 0.717) is 10.4 Å². The fourth-order valence-electron chi connectivity index (χ4n) is 4.16. The highest BCUT2D eigenvalue weighted by molar-refractivity contribution is 6.43. The lowest BCUT2D eigenvalue weighted by atomic mass is 9.55. The average Bonchev–Trinajstić information content (AvgIpc) is 3.17. The number of benzene rings is 2. The molecule has 174 valence electrons. The highest BCUT2D eigenvalue weighted by Crippen LogP contribution is 2.36. The molecule has 2 aliphatic rings. The zero-order valence-corrected chi connectivity index (χ0v) is 19.4. The van der Waals surface area contributed by atoms with E-state index in [1.165, 1.54) is 35.2 Å². The van der Waals surface area contributed by atoms with Gasteiger partial charge in [0.1, 0.15) is 6.04 Å². The predicted molar refractivity (Wildman–Crippen MR) is 128 cm³/mol. The quantitative estimate of drug-likeness (QED) is 0.454. The van der Waals surface area contributed by atoms with E-state index in [1.54, 1.807) is 0 Å². The Bertz CT molecular complexity index is 1280. The number of carbonyl (C=O) groups excluding carboxylic acids is 4. The van der Waals surface area contributed by atoms with Crippen molar-refractivity contribution in [2.45, 2.75) is 36.7 Å². The van der Waals surface area contributed by atoms with Crippen molar-refractivity contribution in [2.24, 2.45) is 0 Å². The summed E-state index contributed by atoms with van der Waals surface area (Å²) < 4.78 is 29.7. The highest BCUT2D eigenvalue weighted by Gasteiger charge is 2.46. The van der Waals surface area contributed by atoms with Crippen molar-refractivity contribution in [3.63, 3.8) is 0 Å². The zero-order valence-electron chi connectivity index (χ0n) is 18.7. The van der Waals surface area contributed by atoms with Gasteiger partial charge in [0.15, 0.2) is 0 Å². The van der Waals surface area contributed by atoms with E-state index in [1.807, 2.05) is 0 Å². The summed E-state index contributed by atoms with van der Waals surface area (Å²) >= 11 is 5.72. The topological polar surface area (TPSA) is 78.0 Å². The third kappa shape index (κ3) is 4.23. The monoisotopic (exact) mass is 501 g/mol. The normalized spacial score (nSPS) is 18.4. The van der Waals surface area contributed by atoms with Crippen molar-refractivity contribution >= 4 is 66.9 Å². The van der Waals surface area contributed by atoms with E-state index in [-0.39, 0.29) is 40.3 Å². The van der Waals surface area contributed by atoms with Crippen LogP contribution in [0.1, 0.15) is 39.9 Å². The summed E-state index contributed by atoms with van der Waals surface area (Å²) in [5.41, 5.74) is -0.118. The Kier molecular flexibility index (Phi) is 6.58. The third-order valence-corrected chi connectivity index (χ3v) is 6.54. The SMILES string of the molecule is [B]N1C(=O)CCC(N2Cc3cc(C([B])([B])N([B])C(=O)C(F)(F)c4ccc(Cl)cc4)ccc3C2=O)C1=O. The Morgan fingerprint density at radius 1 is 1.06 bits per heavy atom. The second kappa shape index (κ2) is 9.10. The van der Waals surface area contributed by atoms with Gasteiger partial charge in [0, 0.05) is 29.1 Å². The molecule has 7 nitrogen and oxygen atoms in total. The molecule has 0 saturated carbocycles. The molecule has 1 fully saturated rings. The molecule has 14 heteroatoms. The van der Waals surface area contributed by atoms with Gasteiger partial charge in [0.05, 0.1) is 15.7 Å². The lowest BCUT2D eigenvalue weighted by Crippen LogP contribution is -2.53. The minimum absolute atomic E-state index is 0.0148. The molecule has 1 unspecified atom stereocenters. The molecule has 1 saturated heterocycles. The fourth-order valence-corrected chi connectivity index (χ4v) is 4.29. The molecule has 36 heavy (non-hydrogen) atoms. The van der Waals surface area contributed by atoms with Gasteiger partial charge in [-0.1, -0.05) is 35.9 Å². The molecule has 0 aromatic heterocycles. The number of fused-ring (bicyclic) bond motifs is 1. The highest BCUT2D eigenvalue weighted by atomic mass is 35.5. The van der Waals surface area contributed by atoms with Crippen LogP contribution in [-0.2, 0) is 32.2 Å². The number of amides is 4. The molecule has 4 amide bonds. The minimum Gasteiger partial charge on any atom is -0.398 e. The van der Waals surface area contributed by atoms with Crippen molar-refractivity contribution in [1.29, 1.82) is 0 Å². The van der Waals surface area contributed by atoms with Crippen LogP contribution in [0.3, 0.4) is 0 Å². The summed E-state index contributed by atoms with van der Waals surface area (Å²) in [5, 5.41) is -2.19. The van der Waals surface area contributed by atoms with Gasteiger partial charge in [-0.15, -0.1) is 0 Å². The van der Waals surface area contributed by atoms with E-state index in [2.05, 4.69) is 0 Å². The third-order valence-electron chi connectivity index (χ3n) is 6.29. The second-order valence-electron chi connectivity index (χ2n) is 8.54. The van der Waals surface area contributed by atoms with Gasteiger partial charge in [-0.3, -0.25) is 19.2 Å². The van der Waals surface area contributed by atoms with Crippen molar-refractivity contribution in [1.82, 2.24) is 14.5 Å². The average molecular weight is 501 g/mol. The Labute approximate surface area is 215 Å². The van der Waals surface area contributed by atoms with Gasteiger partial charge < -0.3 is 14.5 Å². The fraction of sp³-hybridized carbons (Fsp3) is 0.273. The van der Waals surface area contributed by atoms with Crippen molar-refractivity contribution in [3.05, 3.63) is 69.7 Å². The maximum atomic E-state index is 14.9. The summed E-state index contributed by atoms with van der Waals surface area (Å²) in [6.07, 6.45) is 0.0829. The summed E-state index contributed by atoms with van der Waals surface area (Å²) in [6.45, 7) is -0.0595. The van der Waals surface area contributed by atoms with Gasteiger partial charge in [-0.05, 0) is 41.1 Å². The van der Waals surface area contributed by atoms with Crippen LogP contribution in [0.4, 0.5) is 8.78 Å². The molecular weight excluding hydrogens is 487 g/mol. The predicted octanol–water partition coefficient (Wildman–Crippen LogP) is 1.05. The largest absolute Gasteiger partial charge is 0.398 e. The molecule has 8 radical (unpaired) electrons. The number of nitrogens with zero attached hydrogens (tertiary/aromatic N) is 3. The minimum atomic E-state index is -4.07. The molecule has 0 bridgehead atoms. The van der Waals surface area contributed by atoms with E-state index in [9.17, 15) is 28.0 Å². The Morgan fingerprint density at radius 2 is 1.67 bits per heavy atom. The van der Waals surface area contributed by atoms with Crippen LogP contribution in [-0.4, -0.2) is 75.8 Å². The first-order chi connectivity index (χ1) is 16.8. The summed E-state index contributed by atoms with van der Waals surface area (Å²) in [7, 11) is 23.3. The number of hydrogen-bond donors (Lipinski definition) is 0. The van der Waals surface area contributed by atoms with Crippen LogP contribution in [0.15, 0.2) is 42.5 Å². The smallest absolute Gasteiger partial charge is 0.348 e. The molecule has 4 rings (SSSR count). The van der Waals surface area contributed by atoms with E-state index in [0.717, 1.165) is 12.1 Å². The molecule has 2 aromatic rings. The number of hydrogen-bond acceptors (Lipinski definition) is 4. The van der Waals surface area contributed by atoms with Gasteiger partial charge >= 0.3 is 5.92 Å².